The summed E-state index contributed by atoms with van der Waals surface area (Å²) < 4.78 is 2.16. The van der Waals surface area contributed by atoms with E-state index in [1.54, 1.807) is 7.05 Å². The molecular formula is C18H19N3O2S2. The number of nitrogens with zero attached hydrogens (tertiary/aromatic N) is 2. The number of aromatic nitrogens is 2. The summed E-state index contributed by atoms with van der Waals surface area (Å²) in [6.07, 6.45) is 0.793. The zero-order valence-electron chi connectivity index (χ0n) is 14.1. The lowest BCUT2D eigenvalue weighted by molar-refractivity contribution is -0.120. The minimum absolute atomic E-state index is 0.0550. The van der Waals surface area contributed by atoms with E-state index in [0.29, 0.717) is 21.9 Å². The summed E-state index contributed by atoms with van der Waals surface area (Å²) in [5.41, 5.74) is 1.81. The molecule has 3 aromatic rings. The standard InChI is InChI=1S/C18H19N3O2S2/c1-12(16(22)19-10-8-13-6-4-3-5-7-13)25-18-20-14-9-11-24-15(14)17(23)21(18)2/h3-7,9,11-12H,8,10H2,1-2H3,(H,19,22). The predicted molar refractivity (Wildman–Crippen MR) is 103 cm³/mol. The van der Waals surface area contributed by atoms with Gasteiger partial charge in [0.2, 0.25) is 5.91 Å². The highest BCUT2D eigenvalue weighted by molar-refractivity contribution is 8.00. The quantitative estimate of drug-likeness (QED) is 0.533. The summed E-state index contributed by atoms with van der Waals surface area (Å²) in [6, 6.07) is 11.9. The predicted octanol–water partition coefficient (Wildman–Crippen LogP) is 2.83. The van der Waals surface area contributed by atoms with Crippen molar-refractivity contribution in [3.05, 3.63) is 57.7 Å². The number of hydrogen-bond donors (Lipinski definition) is 1. The fraction of sp³-hybridized carbons (Fsp3) is 0.278. The molecule has 0 aliphatic rings. The molecule has 0 saturated heterocycles. The lowest BCUT2D eigenvalue weighted by atomic mass is 10.1. The van der Waals surface area contributed by atoms with Crippen LogP contribution in [0.3, 0.4) is 0 Å². The minimum atomic E-state index is -0.329. The van der Waals surface area contributed by atoms with Crippen LogP contribution in [0.15, 0.2) is 51.7 Å². The first-order valence-corrected chi connectivity index (χ1v) is 9.74. The second kappa shape index (κ2) is 7.84. The Balaban J connectivity index is 1.61. The van der Waals surface area contributed by atoms with Crippen molar-refractivity contribution in [2.45, 2.75) is 23.8 Å². The Morgan fingerprint density at radius 3 is 2.84 bits per heavy atom. The number of amides is 1. The average Bonchev–Trinajstić information content (AvgIpc) is 3.08. The van der Waals surface area contributed by atoms with Gasteiger partial charge in [0.05, 0.1) is 10.8 Å². The Labute approximate surface area is 154 Å². The van der Waals surface area contributed by atoms with E-state index < -0.39 is 0 Å². The van der Waals surface area contributed by atoms with Crippen LogP contribution in [-0.2, 0) is 18.3 Å². The average molecular weight is 374 g/mol. The normalized spacial score (nSPS) is 12.2. The molecule has 5 nitrogen and oxygen atoms in total. The van der Waals surface area contributed by atoms with Gasteiger partial charge in [-0.1, -0.05) is 42.1 Å². The zero-order chi connectivity index (χ0) is 17.8. The van der Waals surface area contributed by atoms with Gasteiger partial charge in [0.1, 0.15) is 4.70 Å². The van der Waals surface area contributed by atoms with Crippen LogP contribution in [0.2, 0.25) is 0 Å². The Hall–Kier alpha value is -2.12. The Kier molecular flexibility index (Phi) is 5.55. The summed E-state index contributed by atoms with van der Waals surface area (Å²) in [5.74, 6) is -0.0550. The molecule has 1 atom stereocenters. The number of carbonyl (C=O) groups excluding carboxylic acids is 1. The molecule has 0 spiro atoms. The first kappa shape index (κ1) is 17.7. The van der Waals surface area contributed by atoms with E-state index >= 15 is 0 Å². The Morgan fingerprint density at radius 2 is 2.08 bits per heavy atom. The lowest BCUT2D eigenvalue weighted by Gasteiger charge is -2.13. The van der Waals surface area contributed by atoms with Crippen LogP contribution in [0.25, 0.3) is 10.2 Å². The second-order valence-electron chi connectivity index (χ2n) is 5.68. The molecule has 0 fully saturated rings. The molecule has 25 heavy (non-hydrogen) atoms. The van der Waals surface area contributed by atoms with Crippen molar-refractivity contribution in [1.82, 2.24) is 14.9 Å². The molecule has 130 valence electrons. The summed E-state index contributed by atoms with van der Waals surface area (Å²) >= 11 is 2.69. The highest BCUT2D eigenvalue weighted by atomic mass is 32.2. The maximum atomic E-state index is 12.3. The third-order valence-corrected chi connectivity index (χ3v) is 5.89. The van der Waals surface area contributed by atoms with Gasteiger partial charge in [-0.15, -0.1) is 11.3 Å². The Morgan fingerprint density at radius 1 is 1.32 bits per heavy atom. The minimum Gasteiger partial charge on any atom is -0.355 e. The first-order chi connectivity index (χ1) is 12.1. The van der Waals surface area contributed by atoms with Gasteiger partial charge in [0, 0.05) is 13.6 Å². The van der Waals surface area contributed by atoms with Gasteiger partial charge < -0.3 is 5.32 Å². The largest absolute Gasteiger partial charge is 0.355 e. The molecule has 1 unspecified atom stereocenters. The van der Waals surface area contributed by atoms with Crippen LogP contribution in [0.5, 0.6) is 0 Å². The van der Waals surface area contributed by atoms with Crippen molar-refractivity contribution in [3.63, 3.8) is 0 Å². The van der Waals surface area contributed by atoms with Gasteiger partial charge in [-0.05, 0) is 30.4 Å². The summed E-state index contributed by atoms with van der Waals surface area (Å²) in [7, 11) is 1.69. The number of rotatable bonds is 6. The molecule has 1 N–H and O–H groups in total. The number of nitrogens with one attached hydrogen (secondary N) is 1. The summed E-state index contributed by atoms with van der Waals surface area (Å²) in [4.78, 5) is 29.1. The van der Waals surface area contributed by atoms with Crippen molar-refractivity contribution in [3.8, 4) is 0 Å². The van der Waals surface area contributed by atoms with E-state index in [-0.39, 0.29) is 16.7 Å². The van der Waals surface area contributed by atoms with E-state index in [0.717, 1.165) is 6.42 Å². The number of thioether (sulfide) groups is 1. The number of fused-ring (bicyclic) bond motifs is 1. The van der Waals surface area contributed by atoms with E-state index in [1.807, 2.05) is 48.7 Å². The van der Waals surface area contributed by atoms with Gasteiger partial charge in [0.15, 0.2) is 5.16 Å². The van der Waals surface area contributed by atoms with Crippen molar-refractivity contribution >= 4 is 39.2 Å². The van der Waals surface area contributed by atoms with Gasteiger partial charge >= 0.3 is 0 Å². The van der Waals surface area contributed by atoms with Crippen LogP contribution in [0, 0.1) is 0 Å². The molecule has 1 amide bonds. The number of benzene rings is 1. The molecule has 3 rings (SSSR count). The van der Waals surface area contributed by atoms with Gasteiger partial charge in [-0.2, -0.15) is 0 Å². The molecule has 0 bridgehead atoms. The molecule has 7 heteroatoms. The number of carbonyl (C=O) groups is 1. The van der Waals surface area contributed by atoms with Crippen LogP contribution in [0.4, 0.5) is 0 Å². The van der Waals surface area contributed by atoms with Crippen molar-refractivity contribution < 1.29 is 4.79 Å². The van der Waals surface area contributed by atoms with E-state index in [2.05, 4.69) is 10.3 Å². The lowest BCUT2D eigenvalue weighted by Crippen LogP contribution is -2.33. The smallest absolute Gasteiger partial charge is 0.271 e. The molecule has 2 aromatic heterocycles. The van der Waals surface area contributed by atoms with Crippen LogP contribution in [0.1, 0.15) is 12.5 Å². The summed E-state index contributed by atoms with van der Waals surface area (Å²) in [6.45, 7) is 2.41. The number of hydrogen-bond acceptors (Lipinski definition) is 5. The molecule has 0 aliphatic carbocycles. The third kappa shape index (κ3) is 4.11. The first-order valence-electron chi connectivity index (χ1n) is 7.99. The zero-order valence-corrected chi connectivity index (χ0v) is 15.7. The fourth-order valence-electron chi connectivity index (χ4n) is 2.40. The topological polar surface area (TPSA) is 64.0 Å². The molecule has 0 radical (unpaired) electrons. The van der Waals surface area contributed by atoms with E-state index in [4.69, 9.17) is 0 Å². The maximum absolute atomic E-state index is 12.3. The fourth-order valence-corrected chi connectivity index (χ4v) is 4.11. The van der Waals surface area contributed by atoms with Crippen LogP contribution in [-0.4, -0.2) is 27.3 Å². The third-order valence-electron chi connectivity index (χ3n) is 3.85. The molecule has 0 saturated carbocycles. The maximum Gasteiger partial charge on any atom is 0.271 e. The van der Waals surface area contributed by atoms with Crippen LogP contribution >= 0.6 is 23.1 Å². The molecule has 0 aliphatic heterocycles. The van der Waals surface area contributed by atoms with Gasteiger partial charge in [-0.25, -0.2) is 4.98 Å². The molecule has 2 heterocycles. The second-order valence-corrected chi connectivity index (χ2v) is 7.90. The monoisotopic (exact) mass is 373 g/mol. The number of thiophene rings is 1. The van der Waals surface area contributed by atoms with Crippen LogP contribution < -0.4 is 10.9 Å². The van der Waals surface area contributed by atoms with E-state index in [9.17, 15) is 9.59 Å². The highest BCUT2D eigenvalue weighted by Gasteiger charge is 2.18. The van der Waals surface area contributed by atoms with E-state index in [1.165, 1.54) is 33.2 Å². The molecular weight excluding hydrogens is 354 g/mol. The van der Waals surface area contributed by atoms with Crippen molar-refractivity contribution in [2.75, 3.05) is 6.54 Å². The van der Waals surface area contributed by atoms with Gasteiger partial charge in [0.25, 0.3) is 5.56 Å². The van der Waals surface area contributed by atoms with Crippen molar-refractivity contribution in [2.24, 2.45) is 7.05 Å². The SMILES string of the molecule is CC(Sc1nc2ccsc2c(=O)n1C)C(=O)NCCc1ccccc1. The Bertz CT molecular complexity index is 934. The summed E-state index contributed by atoms with van der Waals surface area (Å²) in [5, 5.41) is 5.03. The molecule has 1 aromatic carbocycles. The highest BCUT2D eigenvalue weighted by Crippen LogP contribution is 2.23. The van der Waals surface area contributed by atoms with Gasteiger partial charge in [-0.3, -0.25) is 14.2 Å². The van der Waals surface area contributed by atoms with Crippen molar-refractivity contribution in [1.29, 1.82) is 0 Å².